The highest BCUT2D eigenvalue weighted by molar-refractivity contribution is 5.80. The van der Waals surface area contributed by atoms with E-state index in [-0.39, 0.29) is 50.5 Å². The number of hydrogen-bond acceptors (Lipinski definition) is 6. The van der Waals surface area contributed by atoms with Gasteiger partial charge >= 0.3 is 11.9 Å². The minimum Gasteiger partial charge on any atom is -0.481 e. The lowest BCUT2D eigenvalue weighted by molar-refractivity contribution is -0.138. The van der Waals surface area contributed by atoms with E-state index in [0.29, 0.717) is 19.3 Å². The van der Waals surface area contributed by atoms with Gasteiger partial charge in [0.05, 0.1) is 12.8 Å². The zero-order valence-corrected chi connectivity index (χ0v) is 16.5. The van der Waals surface area contributed by atoms with Crippen molar-refractivity contribution in [3.05, 3.63) is 11.8 Å². The maximum atomic E-state index is 10.2. The first-order valence-electron chi connectivity index (χ1n) is 8.03. The lowest BCUT2D eigenvalue weighted by Crippen LogP contribution is -1.98. The molecule has 0 saturated carbocycles. The zero-order chi connectivity index (χ0) is 20.4. The molecule has 0 spiro atoms. The van der Waals surface area contributed by atoms with E-state index in [9.17, 15) is 24.0 Å². The van der Waals surface area contributed by atoms with Crippen LogP contribution in [0.1, 0.15) is 82.5 Å². The molecule has 1 aliphatic heterocycles. The molecule has 27 heavy (non-hydrogen) atoms. The third-order valence-electron chi connectivity index (χ3n) is 2.52. The van der Waals surface area contributed by atoms with Crippen molar-refractivity contribution < 1.29 is 40.7 Å². The van der Waals surface area contributed by atoms with Gasteiger partial charge in [-0.3, -0.25) is 9.59 Å². The third-order valence-corrected chi connectivity index (χ3v) is 2.52. The lowest BCUT2D eigenvalue weighted by Gasteiger charge is -1.87. The number of allylic oxidation sites excluding steroid dienone is 1. The van der Waals surface area contributed by atoms with Crippen LogP contribution in [0.3, 0.4) is 0 Å². The molecule has 0 fully saturated rings. The van der Waals surface area contributed by atoms with Gasteiger partial charge in [0.2, 0.25) is 0 Å². The van der Waals surface area contributed by atoms with Crippen LogP contribution in [0.5, 0.6) is 0 Å². The fourth-order valence-electron chi connectivity index (χ4n) is 0.773. The monoisotopic (exact) mass is 394 g/mol. The number of hydrogen-bond donors (Lipinski definition) is 1. The molecule has 1 rings (SSSR count). The molecule has 0 aromatic carbocycles. The molecule has 1 heterocycles. The largest absolute Gasteiger partial charge is 0.481 e. The smallest absolute Gasteiger partial charge is 0.314 e. The number of ether oxygens (including phenoxy) is 1. The van der Waals surface area contributed by atoms with Gasteiger partial charge in [0.1, 0.15) is 23.1 Å². The molecule has 0 aromatic heterocycles. The van der Waals surface area contributed by atoms with Gasteiger partial charge < -0.3 is 29.7 Å². The number of Topliss-reactive ketones (excluding diaryl/α,β-unsaturated/α-hetero) is 3. The number of esters is 1. The summed E-state index contributed by atoms with van der Waals surface area (Å²) >= 11 is 0. The number of cyclic esters (lactones) is 1. The highest BCUT2D eigenvalue weighted by atomic mass is 16.5. The Kier molecular flexibility index (Phi) is 31.3. The molecule has 3 N–H and O–H groups in total. The molecule has 0 unspecified atom stereocenters. The van der Waals surface area contributed by atoms with Crippen molar-refractivity contribution in [2.45, 2.75) is 81.1 Å². The van der Waals surface area contributed by atoms with Crippen LogP contribution in [-0.4, -0.2) is 39.9 Å². The molecule has 162 valence electrons. The van der Waals surface area contributed by atoms with Gasteiger partial charge in [-0.2, -0.15) is 0 Å². The second-order valence-electron chi connectivity index (χ2n) is 5.20. The molecular formula is C19H38O8. The van der Waals surface area contributed by atoms with E-state index in [2.05, 4.69) is 4.74 Å². The summed E-state index contributed by atoms with van der Waals surface area (Å²) in [5, 5.41) is 8.01. The Balaban J connectivity index is -0.0000000567. The van der Waals surface area contributed by atoms with Crippen LogP contribution >= 0.6 is 0 Å². The molecule has 0 saturated heterocycles. The fourth-order valence-corrected chi connectivity index (χ4v) is 0.773. The molecule has 0 radical (unpaired) electrons. The van der Waals surface area contributed by atoms with Crippen LogP contribution in [-0.2, 0) is 28.7 Å². The quantitative estimate of drug-likeness (QED) is 0.703. The Labute approximate surface area is 163 Å². The van der Waals surface area contributed by atoms with E-state index in [4.69, 9.17) is 5.11 Å². The summed E-state index contributed by atoms with van der Waals surface area (Å²) in [6.07, 6.45) is 3.65. The van der Waals surface area contributed by atoms with Crippen molar-refractivity contribution in [3.63, 3.8) is 0 Å². The van der Waals surface area contributed by atoms with Crippen molar-refractivity contribution >= 4 is 29.3 Å². The fraction of sp³-hybridized carbons (Fsp3) is 0.632. The maximum absolute atomic E-state index is 10.2. The number of carboxylic acid groups (broad SMARTS) is 1. The van der Waals surface area contributed by atoms with Gasteiger partial charge in [0.25, 0.3) is 0 Å². The number of rotatable bonds is 5. The van der Waals surface area contributed by atoms with Crippen LogP contribution in [0.25, 0.3) is 0 Å². The number of carboxylic acids is 1. The predicted molar refractivity (Wildman–Crippen MR) is 106 cm³/mol. The lowest BCUT2D eigenvalue weighted by atomic mass is 10.2. The highest BCUT2D eigenvalue weighted by Crippen LogP contribution is 2.07. The molecule has 0 atom stereocenters. The van der Waals surface area contributed by atoms with Crippen LogP contribution in [0.4, 0.5) is 0 Å². The molecule has 0 aromatic rings. The van der Waals surface area contributed by atoms with Crippen LogP contribution in [0.15, 0.2) is 11.8 Å². The van der Waals surface area contributed by atoms with Crippen molar-refractivity contribution in [2.24, 2.45) is 0 Å². The summed E-state index contributed by atoms with van der Waals surface area (Å²) in [7, 11) is 0. The van der Waals surface area contributed by atoms with Crippen molar-refractivity contribution in [1.82, 2.24) is 0 Å². The molecule has 1 aliphatic rings. The van der Waals surface area contributed by atoms with E-state index in [1.54, 1.807) is 26.8 Å². The van der Waals surface area contributed by atoms with E-state index >= 15 is 0 Å². The van der Waals surface area contributed by atoms with Gasteiger partial charge in [0.15, 0.2) is 0 Å². The average Bonchev–Trinajstić information content (AvgIpc) is 2.90. The second-order valence-corrected chi connectivity index (χ2v) is 5.20. The Morgan fingerprint density at radius 2 is 1.37 bits per heavy atom. The Morgan fingerprint density at radius 3 is 1.44 bits per heavy atom. The van der Waals surface area contributed by atoms with E-state index in [1.807, 2.05) is 13.8 Å². The summed E-state index contributed by atoms with van der Waals surface area (Å²) in [6, 6.07) is 0. The van der Waals surface area contributed by atoms with E-state index in [0.717, 1.165) is 5.76 Å². The first kappa shape index (κ1) is 35.7. The average molecular weight is 395 g/mol. The van der Waals surface area contributed by atoms with Gasteiger partial charge in [-0.05, 0) is 33.8 Å². The topological polar surface area (TPSA) is 146 Å². The van der Waals surface area contributed by atoms with E-state index < -0.39 is 5.97 Å². The summed E-state index contributed by atoms with van der Waals surface area (Å²) in [6.45, 7) is 10.0. The standard InChI is InChI=1S/C5H8O3.C5H6O2.2C4H8O.CH4.H2O.H2/c1-4(6)2-3-5(7)8;1-4-2-3-5(6)7-4;2*1-3-4(2)5;;;/h2-3H2,1H3,(H,7,8);2H,3H2,1H3;2*3H2,1-2H3;1H4;1H2;1H. The van der Waals surface area contributed by atoms with E-state index in [1.165, 1.54) is 6.92 Å². The maximum Gasteiger partial charge on any atom is 0.314 e. The number of carbonyl (C=O) groups excluding carboxylic acids is 4. The Bertz CT molecular complexity index is 456. The SMILES string of the molecule is C.CC(=O)CCC(=O)O.CC1=CCC(=O)O1.CCC(C)=O.CCC(C)=O.O.[HH]. The number of aliphatic carboxylic acids is 1. The minimum absolute atomic E-state index is 0. The van der Waals surface area contributed by atoms with Crippen LogP contribution in [0.2, 0.25) is 0 Å². The van der Waals surface area contributed by atoms with Crippen molar-refractivity contribution in [3.8, 4) is 0 Å². The predicted octanol–water partition coefficient (Wildman–Crippen LogP) is 3.31. The minimum atomic E-state index is -0.916. The van der Waals surface area contributed by atoms with Gasteiger partial charge in [-0.15, -0.1) is 0 Å². The first-order chi connectivity index (χ1) is 11.5. The molecule has 0 amide bonds. The summed E-state index contributed by atoms with van der Waals surface area (Å²) in [5.74, 6) is 0.102. The Hall–Kier alpha value is -2.35. The van der Waals surface area contributed by atoms with Crippen molar-refractivity contribution in [1.29, 1.82) is 0 Å². The van der Waals surface area contributed by atoms with Crippen LogP contribution < -0.4 is 0 Å². The molecule has 0 bridgehead atoms. The normalized spacial score (nSPS) is 10.3. The first-order valence-corrected chi connectivity index (χ1v) is 8.03. The van der Waals surface area contributed by atoms with Crippen molar-refractivity contribution in [2.75, 3.05) is 0 Å². The summed E-state index contributed by atoms with van der Waals surface area (Å²) in [4.78, 5) is 49.6. The highest BCUT2D eigenvalue weighted by Gasteiger charge is 2.08. The molecule has 8 heteroatoms. The molecular weight excluding hydrogens is 356 g/mol. The third kappa shape index (κ3) is 45.3. The number of ketones is 3. The molecule has 0 aliphatic carbocycles. The van der Waals surface area contributed by atoms with Gasteiger partial charge in [0, 0.05) is 20.7 Å². The van der Waals surface area contributed by atoms with Gasteiger partial charge in [-0.25, -0.2) is 0 Å². The van der Waals surface area contributed by atoms with Gasteiger partial charge in [-0.1, -0.05) is 21.3 Å². The van der Waals surface area contributed by atoms with Crippen LogP contribution in [0, 0.1) is 0 Å². The zero-order valence-electron chi connectivity index (χ0n) is 16.5. The summed E-state index contributed by atoms with van der Waals surface area (Å²) in [5.41, 5.74) is 0. The number of carbonyl (C=O) groups is 5. The molecule has 8 nitrogen and oxygen atoms in total. The second kappa shape index (κ2) is 23.6. The summed E-state index contributed by atoms with van der Waals surface area (Å²) < 4.78 is 4.58. The Morgan fingerprint density at radius 1 is 1.00 bits per heavy atom.